The molecule has 0 rings (SSSR count). The van der Waals surface area contributed by atoms with Crippen LogP contribution in [0.4, 0.5) is 0 Å². The molecule has 0 aromatic carbocycles. The van der Waals surface area contributed by atoms with Gasteiger partial charge in [-0.25, -0.2) is 0 Å². The summed E-state index contributed by atoms with van der Waals surface area (Å²) in [6, 6.07) is 0. The van der Waals surface area contributed by atoms with E-state index in [0.717, 1.165) is 0 Å². The zero-order valence-electron chi connectivity index (χ0n) is 7.22. The molecule has 2 atom stereocenters. The van der Waals surface area contributed by atoms with Gasteiger partial charge in [0.05, 0.1) is 19.1 Å². The van der Waals surface area contributed by atoms with Gasteiger partial charge < -0.3 is 25.8 Å². The average Bonchev–Trinajstić information content (AvgIpc) is 2.13. The van der Waals surface area contributed by atoms with Gasteiger partial charge in [0.1, 0.15) is 12.7 Å². The molecule has 0 saturated carbocycles. The predicted octanol–water partition coefficient (Wildman–Crippen LogP) is -2.41. The molecule has 6 heteroatoms. The maximum absolute atomic E-state index is 10.8. The van der Waals surface area contributed by atoms with Crippen molar-refractivity contribution < 1.29 is 24.9 Å². The number of aliphatic hydroxyl groups is 3. The van der Waals surface area contributed by atoms with E-state index in [1.807, 2.05) is 0 Å². The summed E-state index contributed by atoms with van der Waals surface area (Å²) in [4.78, 5) is 10.8. The van der Waals surface area contributed by atoms with Crippen LogP contribution in [0.1, 0.15) is 6.42 Å². The number of hydrogen-bond acceptors (Lipinski definition) is 6. The van der Waals surface area contributed by atoms with Crippen molar-refractivity contribution in [2.24, 2.45) is 5.73 Å². The van der Waals surface area contributed by atoms with Crippen LogP contribution in [0, 0.1) is 0 Å². The summed E-state index contributed by atoms with van der Waals surface area (Å²) >= 11 is 0. The van der Waals surface area contributed by atoms with Crippen LogP contribution in [-0.2, 0) is 9.53 Å². The largest absolute Gasteiger partial charge is 0.463 e. The quantitative estimate of drug-likeness (QED) is 0.349. The molecule has 0 aromatic heterocycles. The van der Waals surface area contributed by atoms with Crippen molar-refractivity contribution >= 4 is 5.97 Å². The Kier molecular flexibility index (Phi) is 6.43. The van der Waals surface area contributed by atoms with Crippen molar-refractivity contribution in [1.29, 1.82) is 0 Å². The molecule has 0 heterocycles. The van der Waals surface area contributed by atoms with Gasteiger partial charge in [-0.15, -0.1) is 0 Å². The zero-order valence-corrected chi connectivity index (χ0v) is 7.22. The predicted molar refractivity (Wildman–Crippen MR) is 43.7 cm³/mol. The van der Waals surface area contributed by atoms with Crippen LogP contribution in [0.2, 0.25) is 0 Å². The molecule has 0 fully saturated rings. The summed E-state index contributed by atoms with van der Waals surface area (Å²) in [5, 5.41) is 26.1. The van der Waals surface area contributed by atoms with Gasteiger partial charge in [-0.3, -0.25) is 4.79 Å². The van der Waals surface area contributed by atoms with Crippen LogP contribution in [0.3, 0.4) is 0 Å². The van der Waals surface area contributed by atoms with E-state index in [-0.39, 0.29) is 19.6 Å². The van der Waals surface area contributed by atoms with Crippen molar-refractivity contribution in [2.75, 3.05) is 19.8 Å². The van der Waals surface area contributed by atoms with Gasteiger partial charge in [-0.05, 0) is 0 Å². The third-order valence-electron chi connectivity index (χ3n) is 1.32. The number of carbonyl (C=O) groups is 1. The van der Waals surface area contributed by atoms with Gasteiger partial charge in [0.15, 0.2) is 0 Å². The molecule has 0 spiro atoms. The summed E-state index contributed by atoms with van der Waals surface area (Å²) in [5.41, 5.74) is 5.06. The average molecular weight is 193 g/mol. The van der Waals surface area contributed by atoms with Gasteiger partial charge in [0, 0.05) is 6.54 Å². The minimum atomic E-state index is -1.07. The second-order valence-electron chi connectivity index (χ2n) is 2.61. The molecule has 0 saturated heterocycles. The van der Waals surface area contributed by atoms with E-state index in [4.69, 9.17) is 21.1 Å². The number of nitrogens with two attached hydrogens (primary N) is 1. The molecule has 13 heavy (non-hydrogen) atoms. The Balaban J connectivity index is 3.51. The van der Waals surface area contributed by atoms with Crippen LogP contribution >= 0.6 is 0 Å². The monoisotopic (exact) mass is 193 g/mol. The van der Waals surface area contributed by atoms with Gasteiger partial charge >= 0.3 is 5.97 Å². The van der Waals surface area contributed by atoms with E-state index in [9.17, 15) is 4.79 Å². The van der Waals surface area contributed by atoms with E-state index >= 15 is 0 Å². The van der Waals surface area contributed by atoms with E-state index in [2.05, 4.69) is 4.74 Å². The number of aliphatic hydroxyl groups excluding tert-OH is 3. The third kappa shape index (κ3) is 6.47. The minimum Gasteiger partial charge on any atom is -0.463 e. The topological polar surface area (TPSA) is 113 Å². The van der Waals surface area contributed by atoms with Crippen molar-refractivity contribution in [2.45, 2.75) is 18.6 Å². The van der Waals surface area contributed by atoms with Crippen LogP contribution < -0.4 is 5.73 Å². The molecule has 0 aliphatic rings. The molecule has 5 N–H and O–H groups in total. The molecule has 0 radical (unpaired) electrons. The van der Waals surface area contributed by atoms with E-state index in [1.165, 1.54) is 0 Å². The smallest absolute Gasteiger partial charge is 0.308 e. The van der Waals surface area contributed by atoms with Crippen molar-refractivity contribution in [3.05, 3.63) is 0 Å². The molecular weight excluding hydrogens is 178 g/mol. The first kappa shape index (κ1) is 12.3. The van der Waals surface area contributed by atoms with Crippen LogP contribution in [-0.4, -0.2) is 53.3 Å². The summed E-state index contributed by atoms with van der Waals surface area (Å²) in [5.74, 6) is -0.648. The summed E-state index contributed by atoms with van der Waals surface area (Å²) in [6.07, 6.45) is -2.19. The van der Waals surface area contributed by atoms with E-state index in [0.29, 0.717) is 0 Å². The first-order valence-electron chi connectivity index (χ1n) is 3.92. The lowest BCUT2D eigenvalue weighted by atomic mass is 10.2. The minimum absolute atomic E-state index is 0.0162. The van der Waals surface area contributed by atoms with E-state index in [1.54, 1.807) is 0 Å². The maximum Gasteiger partial charge on any atom is 0.308 e. The molecule has 2 unspecified atom stereocenters. The Morgan fingerprint density at radius 2 is 2.00 bits per heavy atom. The van der Waals surface area contributed by atoms with E-state index < -0.39 is 24.8 Å². The Labute approximate surface area is 75.9 Å². The van der Waals surface area contributed by atoms with Gasteiger partial charge in [-0.2, -0.15) is 0 Å². The lowest BCUT2D eigenvalue weighted by Gasteiger charge is -2.10. The first-order chi connectivity index (χ1) is 6.10. The number of esters is 1. The third-order valence-corrected chi connectivity index (χ3v) is 1.32. The van der Waals surface area contributed by atoms with Crippen molar-refractivity contribution in [3.63, 3.8) is 0 Å². The van der Waals surface area contributed by atoms with Crippen molar-refractivity contribution in [3.8, 4) is 0 Å². The summed E-state index contributed by atoms with van der Waals surface area (Å²) in [7, 11) is 0. The number of carbonyl (C=O) groups excluding carboxylic acids is 1. The first-order valence-corrected chi connectivity index (χ1v) is 3.92. The molecule has 0 amide bonds. The van der Waals surface area contributed by atoms with Crippen LogP contribution in [0.5, 0.6) is 0 Å². The zero-order chi connectivity index (χ0) is 10.3. The fourth-order valence-corrected chi connectivity index (χ4v) is 0.576. The fourth-order valence-electron chi connectivity index (χ4n) is 0.576. The Hall–Kier alpha value is -0.690. The molecule has 78 valence electrons. The summed E-state index contributed by atoms with van der Waals surface area (Å²) < 4.78 is 4.50. The highest BCUT2D eigenvalue weighted by atomic mass is 16.5. The lowest BCUT2D eigenvalue weighted by molar-refractivity contribution is -0.149. The molecule has 0 aliphatic heterocycles. The maximum atomic E-state index is 10.8. The normalized spacial score (nSPS) is 15.1. The van der Waals surface area contributed by atoms with Gasteiger partial charge in [0.2, 0.25) is 0 Å². The molecule has 6 nitrogen and oxygen atoms in total. The molecule has 0 aliphatic carbocycles. The van der Waals surface area contributed by atoms with Crippen LogP contribution in [0.25, 0.3) is 0 Å². The molecule has 0 bridgehead atoms. The second kappa shape index (κ2) is 6.79. The van der Waals surface area contributed by atoms with Crippen molar-refractivity contribution in [1.82, 2.24) is 0 Å². The second-order valence-corrected chi connectivity index (χ2v) is 2.61. The Bertz CT molecular complexity index is 152. The highest BCUT2D eigenvalue weighted by molar-refractivity contribution is 5.69. The van der Waals surface area contributed by atoms with Crippen LogP contribution in [0.15, 0.2) is 0 Å². The Morgan fingerprint density at radius 1 is 1.38 bits per heavy atom. The van der Waals surface area contributed by atoms with Gasteiger partial charge in [-0.1, -0.05) is 0 Å². The number of hydrogen-bond donors (Lipinski definition) is 4. The molecule has 0 aromatic rings. The number of rotatable bonds is 6. The number of ether oxygens (including phenoxy) is 1. The fraction of sp³-hybridized carbons (Fsp3) is 0.857. The standard InChI is InChI=1S/C7H15NO5/c8-2-5(10)1-7(12)13-4-6(11)3-9/h5-6,9-11H,1-4,8H2. The highest BCUT2D eigenvalue weighted by Crippen LogP contribution is 1.94. The van der Waals surface area contributed by atoms with Gasteiger partial charge in [0.25, 0.3) is 0 Å². The SMILES string of the molecule is NCC(O)CC(=O)OCC(O)CO. The highest BCUT2D eigenvalue weighted by Gasteiger charge is 2.11. The Morgan fingerprint density at radius 3 is 2.46 bits per heavy atom. The summed E-state index contributed by atoms with van der Waals surface area (Å²) in [6.45, 7) is -0.753. The lowest BCUT2D eigenvalue weighted by Crippen LogP contribution is -2.27. The molecular formula is C7H15NO5.